The molecular weight excluding hydrogens is 464 g/mol. The highest BCUT2D eigenvalue weighted by molar-refractivity contribution is 7.10. The third-order valence-electron chi connectivity index (χ3n) is 6.41. The second-order valence-electron chi connectivity index (χ2n) is 8.84. The summed E-state index contributed by atoms with van der Waals surface area (Å²) >= 11 is 8.33. The number of aryl methyl sites for hydroxylation is 1. The molecule has 2 heterocycles. The average molecular weight is 495 g/mol. The zero-order valence-corrected chi connectivity index (χ0v) is 21.3. The molecule has 34 heavy (non-hydrogen) atoms. The minimum Gasteiger partial charge on any atom is -0.332 e. The van der Waals surface area contributed by atoms with Gasteiger partial charge in [-0.1, -0.05) is 73.5 Å². The van der Waals surface area contributed by atoms with Crippen LogP contribution in [0.4, 0.5) is 0 Å². The Hall–Kier alpha value is -2.63. The number of benzene rings is 2. The lowest BCUT2D eigenvalue weighted by molar-refractivity contribution is -0.141. The second kappa shape index (κ2) is 11.2. The van der Waals surface area contributed by atoms with Crippen LogP contribution in [0.3, 0.4) is 0 Å². The average Bonchev–Trinajstić information content (AvgIpc) is 3.35. The summed E-state index contributed by atoms with van der Waals surface area (Å²) in [6.07, 6.45) is 2.60. The summed E-state index contributed by atoms with van der Waals surface area (Å²) < 4.78 is 0. The Bertz CT molecular complexity index is 1110. The molecule has 4 nitrogen and oxygen atoms in total. The summed E-state index contributed by atoms with van der Waals surface area (Å²) in [5, 5.41) is 1.30. The summed E-state index contributed by atoms with van der Waals surface area (Å²) in [5.41, 5.74) is 4.23. The molecule has 0 spiro atoms. The fraction of sp³-hybridized carbons (Fsp3) is 0.357. The van der Waals surface area contributed by atoms with Crippen LogP contribution >= 0.6 is 22.9 Å². The van der Waals surface area contributed by atoms with Gasteiger partial charge in [-0.25, -0.2) is 0 Å². The van der Waals surface area contributed by atoms with Gasteiger partial charge in [0, 0.05) is 18.0 Å². The summed E-state index contributed by atoms with van der Waals surface area (Å²) in [5.74, 6) is -0.251. The van der Waals surface area contributed by atoms with Gasteiger partial charge in [-0.05, 0) is 47.9 Å². The van der Waals surface area contributed by atoms with Crippen molar-refractivity contribution in [1.29, 1.82) is 0 Å². The number of unbranched alkanes of at least 4 members (excludes halogenated alkanes) is 1. The second-order valence-corrected chi connectivity index (χ2v) is 10.3. The maximum Gasteiger partial charge on any atom is 0.245 e. The van der Waals surface area contributed by atoms with E-state index in [1.54, 1.807) is 16.2 Å². The lowest BCUT2D eigenvalue weighted by Gasteiger charge is -2.38. The molecule has 0 radical (unpaired) electrons. The number of hydrogen-bond acceptors (Lipinski definition) is 3. The summed E-state index contributed by atoms with van der Waals surface area (Å²) in [4.78, 5) is 32.0. The van der Waals surface area contributed by atoms with Crippen LogP contribution in [0.25, 0.3) is 0 Å². The molecule has 178 valence electrons. The summed E-state index contributed by atoms with van der Waals surface area (Å²) in [6.45, 7) is 5.34. The predicted octanol–water partition coefficient (Wildman–Crippen LogP) is 6.14. The van der Waals surface area contributed by atoms with E-state index in [4.69, 9.17) is 11.6 Å². The minimum absolute atomic E-state index is 0.0381. The van der Waals surface area contributed by atoms with E-state index in [9.17, 15) is 9.59 Å². The first-order chi connectivity index (χ1) is 16.5. The maximum atomic E-state index is 13.7. The summed E-state index contributed by atoms with van der Waals surface area (Å²) in [7, 11) is 0. The van der Waals surface area contributed by atoms with Crippen molar-refractivity contribution in [3.05, 3.63) is 93.2 Å². The van der Waals surface area contributed by atoms with E-state index < -0.39 is 5.38 Å². The third-order valence-corrected chi connectivity index (χ3v) is 7.84. The van der Waals surface area contributed by atoms with Gasteiger partial charge in [0.15, 0.2) is 0 Å². The van der Waals surface area contributed by atoms with Gasteiger partial charge in [0.25, 0.3) is 0 Å². The first kappa shape index (κ1) is 24.5. The minimum atomic E-state index is -0.802. The number of nitrogens with zero attached hydrogens (tertiary/aromatic N) is 2. The quantitative estimate of drug-likeness (QED) is 0.353. The summed E-state index contributed by atoms with van der Waals surface area (Å²) in [6, 6.07) is 19.7. The number of alkyl halides is 1. The van der Waals surface area contributed by atoms with E-state index in [0.29, 0.717) is 13.1 Å². The zero-order chi connectivity index (χ0) is 24.1. The van der Waals surface area contributed by atoms with Crippen LogP contribution in [0.1, 0.15) is 58.3 Å². The van der Waals surface area contributed by atoms with E-state index >= 15 is 0 Å². The monoisotopic (exact) mass is 494 g/mol. The van der Waals surface area contributed by atoms with Crippen molar-refractivity contribution in [2.75, 3.05) is 19.6 Å². The molecule has 0 aliphatic carbocycles. The number of fused-ring (bicyclic) bond motifs is 1. The fourth-order valence-corrected chi connectivity index (χ4v) is 5.68. The van der Waals surface area contributed by atoms with Crippen LogP contribution in [0, 0.1) is 6.92 Å². The van der Waals surface area contributed by atoms with Crippen LogP contribution in [-0.2, 0) is 16.0 Å². The van der Waals surface area contributed by atoms with Crippen molar-refractivity contribution in [2.24, 2.45) is 0 Å². The molecule has 1 aliphatic heterocycles. The van der Waals surface area contributed by atoms with Gasteiger partial charge in [0.05, 0.1) is 12.6 Å². The molecule has 2 atom stereocenters. The SMILES string of the molecule is CCCCN(CC(=O)N1CCc2sccc2C1c1ccc(C)cc1)C(=O)C(Cl)c1ccccc1. The largest absolute Gasteiger partial charge is 0.332 e. The maximum absolute atomic E-state index is 13.7. The molecular formula is C28H31ClN2O2S. The van der Waals surface area contributed by atoms with E-state index in [0.717, 1.165) is 30.4 Å². The lowest BCUT2D eigenvalue weighted by Crippen LogP contribution is -2.47. The van der Waals surface area contributed by atoms with Crippen molar-refractivity contribution in [3.63, 3.8) is 0 Å². The third kappa shape index (κ3) is 5.37. The van der Waals surface area contributed by atoms with Crippen molar-refractivity contribution in [3.8, 4) is 0 Å². The molecule has 0 saturated heterocycles. The molecule has 2 aromatic carbocycles. The van der Waals surface area contributed by atoms with Crippen LogP contribution in [0.2, 0.25) is 0 Å². The van der Waals surface area contributed by atoms with Crippen molar-refractivity contribution < 1.29 is 9.59 Å². The highest BCUT2D eigenvalue weighted by atomic mass is 35.5. The molecule has 2 unspecified atom stereocenters. The first-order valence-electron chi connectivity index (χ1n) is 11.9. The van der Waals surface area contributed by atoms with Crippen LogP contribution in [0.15, 0.2) is 66.0 Å². The number of amides is 2. The van der Waals surface area contributed by atoms with Crippen molar-refractivity contribution in [2.45, 2.75) is 44.5 Å². The Balaban J connectivity index is 1.58. The molecule has 2 amide bonds. The molecule has 1 aromatic heterocycles. The van der Waals surface area contributed by atoms with Crippen molar-refractivity contribution in [1.82, 2.24) is 9.80 Å². The van der Waals surface area contributed by atoms with E-state index in [-0.39, 0.29) is 24.4 Å². The van der Waals surface area contributed by atoms with E-state index in [2.05, 4.69) is 49.6 Å². The Morgan fingerprint density at radius 2 is 1.85 bits per heavy atom. The van der Waals surface area contributed by atoms with Gasteiger partial charge in [-0.15, -0.1) is 22.9 Å². The number of carbonyl (C=O) groups is 2. The predicted molar refractivity (Wildman–Crippen MR) is 139 cm³/mol. The highest BCUT2D eigenvalue weighted by Crippen LogP contribution is 2.38. The molecule has 1 aliphatic rings. The van der Waals surface area contributed by atoms with Gasteiger partial charge in [0.1, 0.15) is 5.38 Å². The topological polar surface area (TPSA) is 40.6 Å². The Morgan fingerprint density at radius 1 is 1.12 bits per heavy atom. The van der Waals surface area contributed by atoms with Gasteiger partial charge < -0.3 is 9.80 Å². The number of carbonyl (C=O) groups excluding carboxylic acids is 2. The smallest absolute Gasteiger partial charge is 0.245 e. The van der Waals surface area contributed by atoms with Gasteiger partial charge in [-0.2, -0.15) is 0 Å². The van der Waals surface area contributed by atoms with Crippen LogP contribution < -0.4 is 0 Å². The number of rotatable bonds is 8. The molecule has 6 heteroatoms. The standard InChI is InChI=1S/C28H31ClN2O2S/c1-3-4-16-30(28(33)26(29)21-8-6-5-7-9-21)19-25(32)31-17-14-24-23(15-18-34-24)27(31)22-12-10-20(2)11-13-22/h5-13,15,18,26-27H,3-4,14,16-17,19H2,1-2H3. The number of thiophene rings is 1. The fourth-order valence-electron chi connectivity index (χ4n) is 4.49. The van der Waals surface area contributed by atoms with E-state index in [1.807, 2.05) is 35.2 Å². The van der Waals surface area contributed by atoms with E-state index in [1.165, 1.54) is 16.0 Å². The first-order valence-corrected chi connectivity index (χ1v) is 13.2. The Kier molecular flexibility index (Phi) is 8.07. The number of hydrogen-bond donors (Lipinski definition) is 0. The molecule has 3 aromatic rings. The highest BCUT2D eigenvalue weighted by Gasteiger charge is 2.34. The molecule has 0 bridgehead atoms. The van der Waals surface area contributed by atoms with Gasteiger partial charge >= 0.3 is 0 Å². The Morgan fingerprint density at radius 3 is 2.56 bits per heavy atom. The van der Waals surface area contributed by atoms with Crippen LogP contribution in [0.5, 0.6) is 0 Å². The van der Waals surface area contributed by atoms with Gasteiger partial charge in [0.2, 0.25) is 11.8 Å². The molecule has 0 N–H and O–H groups in total. The van der Waals surface area contributed by atoms with Crippen LogP contribution in [-0.4, -0.2) is 41.2 Å². The molecule has 4 rings (SSSR count). The van der Waals surface area contributed by atoms with Crippen molar-refractivity contribution >= 4 is 34.8 Å². The number of halogens is 1. The zero-order valence-electron chi connectivity index (χ0n) is 19.7. The molecule has 0 saturated carbocycles. The normalized spacial score (nSPS) is 16.1. The molecule has 0 fully saturated rings. The lowest BCUT2D eigenvalue weighted by atomic mass is 9.92. The Labute approximate surface area is 211 Å². The van der Waals surface area contributed by atoms with Gasteiger partial charge in [-0.3, -0.25) is 9.59 Å².